The van der Waals surface area contributed by atoms with Gasteiger partial charge in [-0.05, 0) is 25.0 Å². The highest BCUT2D eigenvalue weighted by molar-refractivity contribution is 5.73. The average molecular weight is 216 g/mol. The third-order valence-corrected chi connectivity index (χ3v) is 2.68. The van der Waals surface area contributed by atoms with Crippen molar-refractivity contribution in [3.63, 3.8) is 0 Å². The van der Waals surface area contributed by atoms with E-state index in [1.54, 1.807) is 6.20 Å². The van der Waals surface area contributed by atoms with Gasteiger partial charge in [-0.3, -0.25) is 4.98 Å². The van der Waals surface area contributed by atoms with Gasteiger partial charge in [-0.15, -0.1) is 0 Å². The molecule has 1 unspecified atom stereocenters. The zero-order valence-corrected chi connectivity index (χ0v) is 8.80. The maximum atomic E-state index is 5.21. The summed E-state index contributed by atoms with van der Waals surface area (Å²) in [5.41, 5.74) is 2.65. The predicted molar refractivity (Wildman–Crippen MR) is 58.6 cm³/mol. The van der Waals surface area contributed by atoms with Crippen molar-refractivity contribution in [1.82, 2.24) is 9.97 Å². The molecule has 0 spiro atoms. The van der Waals surface area contributed by atoms with Gasteiger partial charge in [0.1, 0.15) is 6.10 Å². The van der Waals surface area contributed by atoms with Gasteiger partial charge in [0.25, 0.3) is 0 Å². The minimum absolute atomic E-state index is 0.0779. The second-order valence-corrected chi connectivity index (χ2v) is 3.83. The minimum atomic E-state index is -0.0779. The predicted octanol–water partition coefficient (Wildman–Crippen LogP) is 2.41. The van der Waals surface area contributed by atoms with Crippen molar-refractivity contribution < 1.29 is 9.78 Å². The third-order valence-electron chi connectivity index (χ3n) is 2.68. The Balaban J connectivity index is 1.97. The van der Waals surface area contributed by atoms with Crippen molar-refractivity contribution in [2.75, 3.05) is 6.61 Å². The van der Waals surface area contributed by atoms with Gasteiger partial charge in [0.2, 0.25) is 0 Å². The lowest BCUT2D eigenvalue weighted by molar-refractivity contribution is -0.348. The Morgan fingerprint density at radius 2 is 2.06 bits per heavy atom. The zero-order valence-electron chi connectivity index (χ0n) is 8.80. The van der Waals surface area contributed by atoms with Gasteiger partial charge < -0.3 is 0 Å². The number of para-hydroxylation sites is 2. The summed E-state index contributed by atoms with van der Waals surface area (Å²) in [6.07, 6.45) is 3.62. The maximum Gasteiger partial charge on any atom is 0.136 e. The lowest BCUT2D eigenvalue weighted by Gasteiger charge is -2.20. The number of aromatic nitrogens is 2. The lowest BCUT2D eigenvalue weighted by atomic mass is 10.1. The summed E-state index contributed by atoms with van der Waals surface area (Å²) in [7, 11) is 0. The van der Waals surface area contributed by atoms with Crippen LogP contribution in [0.4, 0.5) is 0 Å². The van der Waals surface area contributed by atoms with Crippen molar-refractivity contribution in [2.45, 2.75) is 18.9 Å². The van der Waals surface area contributed by atoms with Crippen molar-refractivity contribution >= 4 is 11.0 Å². The molecule has 3 rings (SSSR count). The molecule has 0 radical (unpaired) electrons. The molecule has 1 aliphatic rings. The number of fused-ring (bicyclic) bond motifs is 1. The number of benzene rings is 1. The van der Waals surface area contributed by atoms with Crippen LogP contribution in [0.3, 0.4) is 0 Å². The van der Waals surface area contributed by atoms with Crippen molar-refractivity contribution in [3.05, 3.63) is 36.2 Å². The second-order valence-electron chi connectivity index (χ2n) is 3.83. The fraction of sp³-hybridized carbons (Fsp3) is 0.333. The molecular weight excluding hydrogens is 204 g/mol. The normalized spacial score (nSPS) is 21.1. The van der Waals surface area contributed by atoms with E-state index in [0.717, 1.165) is 29.6 Å². The topological polar surface area (TPSA) is 44.2 Å². The number of nitrogens with zero attached hydrogens (tertiary/aromatic N) is 2. The van der Waals surface area contributed by atoms with Crippen molar-refractivity contribution in [3.8, 4) is 0 Å². The van der Waals surface area contributed by atoms with E-state index in [1.165, 1.54) is 0 Å². The second kappa shape index (κ2) is 4.15. The molecule has 1 aromatic carbocycles. The molecule has 16 heavy (non-hydrogen) atoms. The van der Waals surface area contributed by atoms with Crippen LogP contribution in [0.2, 0.25) is 0 Å². The van der Waals surface area contributed by atoms with Crippen LogP contribution in [0.5, 0.6) is 0 Å². The molecule has 4 nitrogen and oxygen atoms in total. The molecule has 0 bridgehead atoms. The number of hydrogen-bond donors (Lipinski definition) is 0. The van der Waals surface area contributed by atoms with E-state index in [0.29, 0.717) is 6.61 Å². The third kappa shape index (κ3) is 1.77. The van der Waals surface area contributed by atoms with Crippen LogP contribution >= 0.6 is 0 Å². The molecule has 4 heteroatoms. The Labute approximate surface area is 93.2 Å². The first kappa shape index (κ1) is 9.69. The van der Waals surface area contributed by atoms with E-state index in [9.17, 15) is 0 Å². The van der Waals surface area contributed by atoms with Crippen LogP contribution in [-0.2, 0) is 9.78 Å². The Bertz CT molecular complexity index is 495. The van der Waals surface area contributed by atoms with Gasteiger partial charge in [-0.25, -0.2) is 14.8 Å². The molecule has 0 saturated carbocycles. The summed E-state index contributed by atoms with van der Waals surface area (Å²) in [6, 6.07) is 7.82. The molecule has 1 aromatic heterocycles. The molecule has 82 valence electrons. The Morgan fingerprint density at radius 1 is 1.19 bits per heavy atom. The molecule has 1 fully saturated rings. The largest absolute Gasteiger partial charge is 0.253 e. The van der Waals surface area contributed by atoms with E-state index in [1.807, 2.05) is 24.3 Å². The van der Waals surface area contributed by atoms with Crippen molar-refractivity contribution in [1.29, 1.82) is 0 Å². The maximum absolute atomic E-state index is 5.21. The Hall–Kier alpha value is -1.52. The van der Waals surface area contributed by atoms with E-state index < -0.39 is 0 Å². The van der Waals surface area contributed by atoms with Crippen LogP contribution in [0, 0.1) is 0 Å². The highest BCUT2D eigenvalue weighted by atomic mass is 17.2. The average Bonchev–Trinajstić information content (AvgIpc) is 2.39. The van der Waals surface area contributed by atoms with Crippen LogP contribution in [0.15, 0.2) is 30.5 Å². The van der Waals surface area contributed by atoms with E-state index >= 15 is 0 Å². The number of hydrogen-bond acceptors (Lipinski definition) is 4. The first-order chi connectivity index (χ1) is 7.93. The highest BCUT2D eigenvalue weighted by Gasteiger charge is 2.19. The molecule has 0 N–H and O–H groups in total. The highest BCUT2D eigenvalue weighted by Crippen LogP contribution is 2.25. The van der Waals surface area contributed by atoms with Crippen molar-refractivity contribution in [2.24, 2.45) is 0 Å². The van der Waals surface area contributed by atoms with Crippen LogP contribution in [-0.4, -0.2) is 16.6 Å². The van der Waals surface area contributed by atoms with Crippen LogP contribution in [0.1, 0.15) is 24.6 Å². The standard InChI is InChI=1S/C12H12N2O2/c1-2-5-10-9(4-1)13-8-11(14-10)12-6-3-7-15-16-12/h1-2,4-5,8,12H,3,6-7H2. The smallest absolute Gasteiger partial charge is 0.136 e. The van der Waals surface area contributed by atoms with E-state index in [-0.39, 0.29) is 6.10 Å². The van der Waals surface area contributed by atoms with Crippen LogP contribution in [0.25, 0.3) is 11.0 Å². The summed E-state index contributed by atoms with van der Waals surface area (Å²) in [6.45, 7) is 0.664. The summed E-state index contributed by atoms with van der Waals surface area (Å²) < 4.78 is 0. The van der Waals surface area contributed by atoms with Gasteiger partial charge in [0, 0.05) is 0 Å². The monoisotopic (exact) mass is 216 g/mol. The summed E-state index contributed by atoms with van der Waals surface area (Å²) in [5, 5.41) is 0. The zero-order chi connectivity index (χ0) is 10.8. The SMILES string of the molecule is c1ccc2nc(C3CCCOO3)cnc2c1. The molecule has 1 atom stereocenters. The van der Waals surface area contributed by atoms with Gasteiger partial charge in [0.15, 0.2) is 0 Å². The molecule has 2 heterocycles. The summed E-state index contributed by atoms with van der Waals surface area (Å²) >= 11 is 0. The Morgan fingerprint density at radius 3 is 2.88 bits per heavy atom. The minimum Gasteiger partial charge on any atom is -0.253 e. The van der Waals surface area contributed by atoms with E-state index in [2.05, 4.69) is 9.97 Å². The van der Waals surface area contributed by atoms with Gasteiger partial charge >= 0.3 is 0 Å². The summed E-state index contributed by atoms with van der Waals surface area (Å²) in [5.74, 6) is 0. The Kier molecular flexibility index (Phi) is 2.52. The number of rotatable bonds is 1. The molecule has 2 aromatic rings. The van der Waals surface area contributed by atoms with Gasteiger partial charge in [-0.2, -0.15) is 0 Å². The lowest BCUT2D eigenvalue weighted by Crippen LogP contribution is -2.14. The molecular formula is C12H12N2O2. The van der Waals surface area contributed by atoms with Gasteiger partial charge in [0.05, 0.1) is 29.5 Å². The molecule has 0 aliphatic carbocycles. The summed E-state index contributed by atoms with van der Waals surface area (Å²) in [4.78, 5) is 19.1. The molecule has 1 saturated heterocycles. The van der Waals surface area contributed by atoms with Gasteiger partial charge in [-0.1, -0.05) is 12.1 Å². The van der Waals surface area contributed by atoms with Crippen LogP contribution < -0.4 is 0 Å². The first-order valence-corrected chi connectivity index (χ1v) is 5.43. The fourth-order valence-electron chi connectivity index (χ4n) is 1.83. The fourth-order valence-corrected chi connectivity index (χ4v) is 1.83. The first-order valence-electron chi connectivity index (χ1n) is 5.43. The quantitative estimate of drug-likeness (QED) is 0.687. The van der Waals surface area contributed by atoms with E-state index in [4.69, 9.17) is 9.78 Å². The molecule has 0 amide bonds. The molecule has 1 aliphatic heterocycles.